The molecular weight excluding hydrogens is 317 g/mol. The molecule has 0 unspecified atom stereocenters. The maximum absolute atomic E-state index is 13.6. The highest BCUT2D eigenvalue weighted by atomic mass is 19.1. The van der Waals surface area contributed by atoms with Gasteiger partial charge in [0.2, 0.25) is 5.91 Å². The van der Waals surface area contributed by atoms with Crippen LogP contribution in [0.15, 0.2) is 42.5 Å². The van der Waals surface area contributed by atoms with E-state index in [9.17, 15) is 9.18 Å². The molecule has 5 heteroatoms. The molecule has 0 aromatic heterocycles. The van der Waals surface area contributed by atoms with Crippen molar-refractivity contribution in [1.29, 1.82) is 0 Å². The van der Waals surface area contributed by atoms with Crippen LogP contribution in [0.4, 0.5) is 15.8 Å². The van der Waals surface area contributed by atoms with Crippen LogP contribution in [0.1, 0.15) is 11.1 Å². The number of rotatable bonds is 4. The minimum Gasteiger partial charge on any atom is -0.369 e. The highest BCUT2D eigenvalue weighted by molar-refractivity contribution is 5.92. The number of anilines is 2. The van der Waals surface area contributed by atoms with Crippen molar-refractivity contribution in [3.8, 4) is 0 Å². The Morgan fingerprint density at radius 1 is 1.08 bits per heavy atom. The Kier molecular flexibility index (Phi) is 5.34. The molecule has 0 bridgehead atoms. The highest BCUT2D eigenvalue weighted by Gasteiger charge is 2.19. The zero-order valence-electron chi connectivity index (χ0n) is 14.8. The van der Waals surface area contributed by atoms with Crippen molar-refractivity contribution in [2.75, 3.05) is 42.9 Å². The molecule has 2 aromatic carbocycles. The van der Waals surface area contributed by atoms with E-state index in [0.29, 0.717) is 17.8 Å². The average Bonchev–Trinajstić information content (AvgIpc) is 2.59. The SMILES string of the molecule is Cc1cccc(N2CCN(CC(=O)Nc3ccc(C)c(F)c3)CC2)c1. The second kappa shape index (κ2) is 7.66. The molecule has 4 nitrogen and oxygen atoms in total. The van der Waals surface area contributed by atoms with Gasteiger partial charge in [0.15, 0.2) is 0 Å². The summed E-state index contributed by atoms with van der Waals surface area (Å²) in [5.41, 5.74) is 3.57. The minimum atomic E-state index is -0.301. The number of halogens is 1. The molecule has 0 radical (unpaired) electrons. The summed E-state index contributed by atoms with van der Waals surface area (Å²) in [5, 5.41) is 2.77. The molecule has 1 heterocycles. The van der Waals surface area contributed by atoms with Crippen LogP contribution in [0.25, 0.3) is 0 Å². The second-order valence-corrected chi connectivity index (χ2v) is 6.61. The fraction of sp³-hybridized carbons (Fsp3) is 0.350. The summed E-state index contributed by atoms with van der Waals surface area (Å²) in [4.78, 5) is 16.7. The van der Waals surface area contributed by atoms with E-state index in [1.165, 1.54) is 17.3 Å². The fourth-order valence-corrected chi connectivity index (χ4v) is 3.06. The van der Waals surface area contributed by atoms with Gasteiger partial charge in [0.1, 0.15) is 5.82 Å². The van der Waals surface area contributed by atoms with Gasteiger partial charge in [-0.3, -0.25) is 9.69 Å². The molecule has 1 aliphatic rings. The summed E-state index contributed by atoms with van der Waals surface area (Å²) in [6.45, 7) is 7.60. The van der Waals surface area contributed by atoms with Gasteiger partial charge in [-0.2, -0.15) is 0 Å². The fourth-order valence-electron chi connectivity index (χ4n) is 3.06. The predicted octanol–water partition coefficient (Wildman–Crippen LogP) is 3.20. The zero-order chi connectivity index (χ0) is 17.8. The number of piperazine rings is 1. The van der Waals surface area contributed by atoms with Crippen LogP contribution < -0.4 is 10.2 Å². The molecule has 1 fully saturated rings. The summed E-state index contributed by atoms with van der Waals surface area (Å²) in [7, 11) is 0. The van der Waals surface area contributed by atoms with Crippen LogP contribution in [0.3, 0.4) is 0 Å². The first-order valence-electron chi connectivity index (χ1n) is 8.61. The van der Waals surface area contributed by atoms with Gasteiger partial charge in [0.05, 0.1) is 6.54 Å². The maximum atomic E-state index is 13.6. The molecule has 3 rings (SSSR count). The third-order valence-electron chi connectivity index (χ3n) is 4.56. The quantitative estimate of drug-likeness (QED) is 0.928. The lowest BCUT2D eigenvalue weighted by atomic mass is 10.2. The first-order valence-corrected chi connectivity index (χ1v) is 8.61. The number of nitrogens with zero attached hydrogens (tertiary/aromatic N) is 2. The van der Waals surface area contributed by atoms with Crippen molar-refractivity contribution in [1.82, 2.24) is 4.90 Å². The van der Waals surface area contributed by atoms with Crippen LogP contribution in [0.5, 0.6) is 0 Å². The second-order valence-electron chi connectivity index (χ2n) is 6.61. The number of benzene rings is 2. The zero-order valence-corrected chi connectivity index (χ0v) is 14.8. The number of nitrogens with one attached hydrogen (secondary N) is 1. The molecule has 0 spiro atoms. The van der Waals surface area contributed by atoms with Gasteiger partial charge < -0.3 is 10.2 Å². The number of carbonyl (C=O) groups is 1. The topological polar surface area (TPSA) is 35.6 Å². The van der Waals surface area contributed by atoms with Crippen molar-refractivity contribution < 1.29 is 9.18 Å². The molecule has 1 N–H and O–H groups in total. The van der Waals surface area contributed by atoms with Gasteiger partial charge in [-0.25, -0.2) is 4.39 Å². The largest absolute Gasteiger partial charge is 0.369 e. The molecular formula is C20H24FN3O. The summed E-state index contributed by atoms with van der Waals surface area (Å²) >= 11 is 0. The van der Waals surface area contributed by atoms with Crippen molar-refractivity contribution in [2.24, 2.45) is 0 Å². The van der Waals surface area contributed by atoms with E-state index in [1.54, 1.807) is 19.1 Å². The first-order chi connectivity index (χ1) is 12.0. The summed E-state index contributed by atoms with van der Waals surface area (Å²) in [6.07, 6.45) is 0. The molecule has 1 saturated heterocycles. The minimum absolute atomic E-state index is 0.104. The molecule has 1 amide bonds. The van der Waals surface area contributed by atoms with E-state index in [4.69, 9.17) is 0 Å². The number of carbonyl (C=O) groups excluding carboxylic acids is 1. The van der Waals surface area contributed by atoms with E-state index < -0.39 is 0 Å². The highest BCUT2D eigenvalue weighted by Crippen LogP contribution is 2.18. The van der Waals surface area contributed by atoms with E-state index in [1.807, 2.05) is 0 Å². The Labute approximate surface area is 148 Å². The van der Waals surface area contributed by atoms with E-state index in [-0.39, 0.29) is 11.7 Å². The Hall–Kier alpha value is -2.40. The van der Waals surface area contributed by atoms with Crippen molar-refractivity contribution >= 4 is 17.3 Å². The van der Waals surface area contributed by atoms with Crippen LogP contribution in [0, 0.1) is 19.7 Å². The molecule has 25 heavy (non-hydrogen) atoms. The first kappa shape index (κ1) is 17.4. The van der Waals surface area contributed by atoms with Crippen molar-refractivity contribution in [3.63, 3.8) is 0 Å². The van der Waals surface area contributed by atoms with Gasteiger partial charge in [-0.05, 0) is 49.2 Å². The van der Waals surface area contributed by atoms with Crippen LogP contribution in [-0.2, 0) is 4.79 Å². The standard InChI is InChI=1S/C20H24FN3O/c1-15-4-3-5-18(12-15)24-10-8-23(9-11-24)14-20(25)22-17-7-6-16(2)19(21)13-17/h3-7,12-13H,8-11,14H2,1-2H3,(H,22,25). The summed E-state index contributed by atoms with van der Waals surface area (Å²) < 4.78 is 13.6. The van der Waals surface area contributed by atoms with Crippen molar-refractivity contribution in [3.05, 3.63) is 59.4 Å². The number of aryl methyl sites for hydroxylation is 2. The normalized spacial score (nSPS) is 15.2. The van der Waals surface area contributed by atoms with Crippen LogP contribution >= 0.6 is 0 Å². The van der Waals surface area contributed by atoms with Gasteiger partial charge in [-0.1, -0.05) is 18.2 Å². The van der Waals surface area contributed by atoms with Crippen LogP contribution in [-0.4, -0.2) is 43.5 Å². The number of hydrogen-bond donors (Lipinski definition) is 1. The third kappa shape index (κ3) is 4.57. The van der Waals surface area contributed by atoms with E-state index in [2.05, 4.69) is 46.3 Å². The van der Waals surface area contributed by atoms with E-state index >= 15 is 0 Å². The summed E-state index contributed by atoms with van der Waals surface area (Å²) in [6, 6.07) is 13.2. The maximum Gasteiger partial charge on any atom is 0.238 e. The monoisotopic (exact) mass is 341 g/mol. The lowest BCUT2D eigenvalue weighted by molar-refractivity contribution is -0.117. The Morgan fingerprint density at radius 2 is 1.84 bits per heavy atom. The van der Waals surface area contributed by atoms with Gasteiger partial charge in [0.25, 0.3) is 0 Å². The van der Waals surface area contributed by atoms with Crippen molar-refractivity contribution in [2.45, 2.75) is 13.8 Å². The van der Waals surface area contributed by atoms with Gasteiger partial charge >= 0.3 is 0 Å². The molecule has 0 aliphatic carbocycles. The smallest absolute Gasteiger partial charge is 0.238 e. The van der Waals surface area contributed by atoms with Crippen LogP contribution in [0.2, 0.25) is 0 Å². The Balaban J connectivity index is 1.50. The molecule has 132 valence electrons. The summed E-state index contributed by atoms with van der Waals surface area (Å²) in [5.74, 6) is -0.406. The lowest BCUT2D eigenvalue weighted by Gasteiger charge is -2.35. The number of hydrogen-bond acceptors (Lipinski definition) is 3. The predicted molar refractivity (Wildman–Crippen MR) is 99.6 cm³/mol. The van der Waals surface area contributed by atoms with Gasteiger partial charge in [-0.15, -0.1) is 0 Å². The molecule has 0 atom stereocenters. The van der Waals surface area contributed by atoms with Gasteiger partial charge in [0, 0.05) is 37.6 Å². The number of amides is 1. The lowest BCUT2D eigenvalue weighted by Crippen LogP contribution is -2.48. The molecule has 2 aromatic rings. The average molecular weight is 341 g/mol. The molecule has 1 aliphatic heterocycles. The molecule has 0 saturated carbocycles. The Bertz CT molecular complexity index is 754. The van der Waals surface area contributed by atoms with E-state index in [0.717, 1.165) is 26.2 Å². The third-order valence-corrected chi connectivity index (χ3v) is 4.56. The Morgan fingerprint density at radius 3 is 2.52 bits per heavy atom.